The fourth-order valence-corrected chi connectivity index (χ4v) is 2.80. The van der Waals surface area contributed by atoms with Gasteiger partial charge in [-0.05, 0) is 11.6 Å². The summed E-state index contributed by atoms with van der Waals surface area (Å²) in [6.07, 6.45) is -1.70. The maximum atomic E-state index is 10.6. The Hall–Kier alpha value is -1.37. The van der Waals surface area contributed by atoms with Gasteiger partial charge in [0, 0.05) is 0 Å². The molecule has 126 valence electrons. The van der Waals surface area contributed by atoms with Crippen molar-refractivity contribution in [3.05, 3.63) is 11.6 Å². The zero-order valence-corrected chi connectivity index (χ0v) is 12.8. The van der Waals surface area contributed by atoms with E-state index in [0.29, 0.717) is 0 Å². The molecule has 12 nitrogen and oxygen atoms in total. The monoisotopic (exact) mass is 367 g/mol. The lowest BCUT2D eigenvalue weighted by Gasteiger charge is -2.48. The minimum absolute atomic E-state index is 0.00875. The summed E-state index contributed by atoms with van der Waals surface area (Å²) in [6, 6.07) is 0. The van der Waals surface area contributed by atoms with Gasteiger partial charge in [-0.3, -0.25) is 4.52 Å². The zero-order chi connectivity index (χ0) is 17.0. The predicted molar refractivity (Wildman–Crippen MR) is 73.8 cm³/mol. The molecule has 1 saturated heterocycles. The number of imidazole rings is 1. The van der Waals surface area contributed by atoms with Crippen LogP contribution < -0.4 is 5.73 Å². The number of aliphatic hydroxyl groups excluding tert-OH is 1. The quantitative estimate of drug-likeness (QED) is 0.313. The van der Waals surface area contributed by atoms with E-state index in [1.54, 1.807) is 0 Å². The molecule has 0 radical (unpaired) electrons. The highest BCUT2D eigenvalue weighted by Gasteiger charge is 2.58. The molecule has 2 unspecified atom stereocenters. The number of nitrogens with zero attached hydrogens (tertiary/aromatic N) is 4. The lowest BCUT2D eigenvalue weighted by atomic mass is 10.0. The molecule has 3 rings (SSSR count). The molecule has 0 spiro atoms. The molecule has 6 N–H and O–H groups in total. The number of nitrogen functional groups attached to an aromatic ring is 1. The lowest BCUT2D eigenvalue weighted by molar-refractivity contribution is -0.432. The molecule has 1 aliphatic heterocycles. The van der Waals surface area contributed by atoms with Crippen LogP contribution >= 0.6 is 19.4 Å². The first-order valence-electron chi connectivity index (χ1n) is 6.07. The summed E-state index contributed by atoms with van der Waals surface area (Å²) >= 11 is 5.92. The van der Waals surface area contributed by atoms with Crippen LogP contribution in [0, 0.1) is 0 Å². The number of fused-ring (bicyclic) bond motifs is 1. The molecular formula is C9H11ClN5O7P. The van der Waals surface area contributed by atoms with Crippen LogP contribution in [0.3, 0.4) is 0 Å². The number of hydrogen-bond acceptors (Lipinski definition) is 9. The highest BCUT2D eigenvalue weighted by atomic mass is 35.5. The number of aliphatic hydroxyl groups is 2. The number of phosphoric ester groups is 1. The van der Waals surface area contributed by atoms with Gasteiger partial charge in [0.05, 0.1) is 6.61 Å². The van der Waals surface area contributed by atoms with Crippen molar-refractivity contribution in [2.45, 2.75) is 18.1 Å². The minimum Gasteiger partial charge on any atom is -0.382 e. The minimum atomic E-state index is -4.74. The number of anilines is 1. The highest BCUT2D eigenvalue weighted by molar-refractivity contribution is 7.46. The second kappa shape index (κ2) is 5.33. The molecule has 1 fully saturated rings. The molecule has 0 amide bonds. The van der Waals surface area contributed by atoms with E-state index in [-0.39, 0.29) is 22.3 Å². The van der Waals surface area contributed by atoms with E-state index in [1.807, 2.05) is 0 Å². The van der Waals surface area contributed by atoms with Gasteiger partial charge >= 0.3 is 7.82 Å². The van der Waals surface area contributed by atoms with E-state index in [9.17, 15) is 14.8 Å². The van der Waals surface area contributed by atoms with Crippen LogP contribution in [-0.4, -0.2) is 58.3 Å². The normalized spacial score (nSPS) is 28.0. The molecule has 0 aromatic carbocycles. The Morgan fingerprint density at radius 2 is 2.22 bits per heavy atom. The number of halogens is 1. The number of aromatic nitrogens is 4. The van der Waals surface area contributed by atoms with Crippen LogP contribution in [0.25, 0.3) is 11.2 Å². The van der Waals surface area contributed by atoms with Gasteiger partial charge in [-0.15, -0.1) is 0 Å². The maximum absolute atomic E-state index is 10.6. The third kappa shape index (κ3) is 2.69. The summed E-state index contributed by atoms with van der Waals surface area (Å²) in [5, 5.41) is 20.2. The van der Waals surface area contributed by atoms with Crippen LogP contribution in [0.2, 0.25) is 5.28 Å². The number of ether oxygens (including phenoxy) is 1. The summed E-state index contributed by atoms with van der Waals surface area (Å²) in [5.41, 5.74) is 5.73. The summed E-state index contributed by atoms with van der Waals surface area (Å²) in [7, 11) is -4.74. The topological polar surface area (TPSA) is 186 Å². The van der Waals surface area contributed by atoms with Crippen LogP contribution in [0.5, 0.6) is 0 Å². The smallest absolute Gasteiger partial charge is 0.382 e. The number of nitrogens with two attached hydrogens (primary N) is 1. The van der Waals surface area contributed by atoms with Gasteiger partial charge in [0.1, 0.15) is 12.4 Å². The molecule has 23 heavy (non-hydrogen) atoms. The Labute approximate surface area is 132 Å². The molecule has 1 aliphatic rings. The van der Waals surface area contributed by atoms with Crippen molar-refractivity contribution in [3.63, 3.8) is 0 Å². The van der Waals surface area contributed by atoms with Crippen LogP contribution in [0.4, 0.5) is 5.82 Å². The summed E-state index contributed by atoms with van der Waals surface area (Å²) in [6.45, 7) is -0.644. The van der Waals surface area contributed by atoms with E-state index in [2.05, 4.69) is 19.5 Å². The second-order valence-corrected chi connectivity index (χ2v) is 6.27. The standard InChI is InChI=1S/C9H11ClN5O7P/c10-8-14-4-6(11)12-2-13-7(4)15(8)9(17)5(16)3(22-9)1-21-23(18,19)20/h2-3,5,16-17H,1H2,(H2,11,12,13)(H2,18,19,20)/t3?,5-,9?/m0/s1. The van der Waals surface area contributed by atoms with Gasteiger partial charge in [0.2, 0.25) is 5.28 Å². The lowest BCUT2D eigenvalue weighted by Crippen LogP contribution is -2.66. The van der Waals surface area contributed by atoms with E-state index >= 15 is 0 Å². The van der Waals surface area contributed by atoms with Crippen molar-refractivity contribution in [1.82, 2.24) is 19.5 Å². The molecule has 0 bridgehead atoms. The highest BCUT2D eigenvalue weighted by Crippen LogP contribution is 2.43. The maximum Gasteiger partial charge on any atom is 0.469 e. The number of phosphoric acid groups is 1. The zero-order valence-electron chi connectivity index (χ0n) is 11.1. The first-order valence-corrected chi connectivity index (χ1v) is 7.97. The van der Waals surface area contributed by atoms with Gasteiger partial charge in [0.15, 0.2) is 23.1 Å². The van der Waals surface area contributed by atoms with Gasteiger partial charge < -0.3 is 30.5 Å². The Morgan fingerprint density at radius 3 is 2.83 bits per heavy atom. The van der Waals surface area contributed by atoms with Crippen molar-refractivity contribution in [3.8, 4) is 0 Å². The van der Waals surface area contributed by atoms with Crippen LogP contribution in [-0.2, 0) is 19.7 Å². The molecule has 2 aromatic rings. The molecule has 3 atom stereocenters. The number of hydrogen-bond donors (Lipinski definition) is 5. The molecule has 14 heteroatoms. The first kappa shape index (κ1) is 16.5. The van der Waals surface area contributed by atoms with Crippen molar-refractivity contribution >= 4 is 36.4 Å². The van der Waals surface area contributed by atoms with E-state index in [1.165, 1.54) is 0 Å². The fourth-order valence-electron chi connectivity index (χ4n) is 2.17. The third-order valence-electron chi connectivity index (χ3n) is 3.22. The Bertz CT molecular complexity index is 811. The SMILES string of the molecule is Nc1ncnc2c1nc(Cl)n2C1(O)OC(COP(=O)(O)O)[C@@H]1O. The summed E-state index contributed by atoms with van der Waals surface area (Å²) in [5.74, 6) is -2.33. The summed E-state index contributed by atoms with van der Waals surface area (Å²) in [4.78, 5) is 28.7. The number of rotatable bonds is 4. The molecule has 0 saturated carbocycles. The van der Waals surface area contributed by atoms with Crippen LogP contribution in [0.1, 0.15) is 0 Å². The summed E-state index contributed by atoms with van der Waals surface area (Å²) < 4.78 is 20.8. The third-order valence-corrected chi connectivity index (χ3v) is 3.96. The van der Waals surface area contributed by atoms with Gasteiger partial charge in [-0.25, -0.2) is 24.1 Å². The Balaban J connectivity index is 1.90. The van der Waals surface area contributed by atoms with E-state index in [4.69, 9.17) is 31.9 Å². The first-order chi connectivity index (χ1) is 10.6. The van der Waals surface area contributed by atoms with Gasteiger partial charge in [0.25, 0.3) is 5.91 Å². The average molecular weight is 368 g/mol. The molecule has 3 heterocycles. The molecular weight excluding hydrogens is 357 g/mol. The van der Waals surface area contributed by atoms with Gasteiger partial charge in [-0.1, -0.05) is 0 Å². The predicted octanol–water partition coefficient (Wildman–Crippen LogP) is -1.47. The van der Waals surface area contributed by atoms with Crippen molar-refractivity contribution in [2.75, 3.05) is 12.3 Å². The fraction of sp³-hybridized carbons (Fsp3) is 0.444. The van der Waals surface area contributed by atoms with E-state index in [0.717, 1.165) is 10.9 Å². The Morgan fingerprint density at radius 1 is 1.52 bits per heavy atom. The van der Waals surface area contributed by atoms with Gasteiger partial charge in [-0.2, -0.15) is 0 Å². The van der Waals surface area contributed by atoms with Crippen LogP contribution in [0.15, 0.2) is 6.33 Å². The molecule has 2 aromatic heterocycles. The largest absolute Gasteiger partial charge is 0.469 e. The second-order valence-electron chi connectivity index (χ2n) is 4.69. The molecule has 0 aliphatic carbocycles. The van der Waals surface area contributed by atoms with Crippen molar-refractivity contribution < 1.29 is 33.8 Å². The van der Waals surface area contributed by atoms with Crippen molar-refractivity contribution in [2.24, 2.45) is 0 Å². The Kier molecular flexibility index (Phi) is 3.82. The average Bonchev–Trinajstić information content (AvgIpc) is 2.80. The van der Waals surface area contributed by atoms with E-state index < -0.39 is 32.5 Å². The van der Waals surface area contributed by atoms with Crippen molar-refractivity contribution in [1.29, 1.82) is 0 Å².